The van der Waals surface area contributed by atoms with E-state index < -0.39 is 11.8 Å². The summed E-state index contributed by atoms with van der Waals surface area (Å²) >= 11 is 0. The summed E-state index contributed by atoms with van der Waals surface area (Å²) in [6.45, 7) is 0. The molecule has 4 N–H and O–H groups in total. The number of hydrazine groups is 1. The van der Waals surface area contributed by atoms with Crippen molar-refractivity contribution in [2.24, 2.45) is 5.84 Å². The first-order chi connectivity index (χ1) is 6.67. The molecule has 0 heterocycles. The van der Waals surface area contributed by atoms with Gasteiger partial charge in [0, 0.05) is 13.2 Å². The summed E-state index contributed by atoms with van der Waals surface area (Å²) in [6.07, 6.45) is 2.68. The van der Waals surface area contributed by atoms with Crippen LogP contribution in [0.1, 0.15) is 19.3 Å². The third-order valence-corrected chi connectivity index (χ3v) is 2.39. The van der Waals surface area contributed by atoms with Crippen molar-refractivity contribution in [2.45, 2.75) is 31.4 Å². The molecule has 6 nitrogen and oxygen atoms in total. The fourth-order valence-corrected chi connectivity index (χ4v) is 1.60. The first-order valence-electron chi connectivity index (χ1n) is 4.51. The van der Waals surface area contributed by atoms with Gasteiger partial charge in [-0.3, -0.25) is 15.0 Å². The van der Waals surface area contributed by atoms with Crippen LogP contribution in [0.2, 0.25) is 0 Å². The van der Waals surface area contributed by atoms with Crippen LogP contribution in [-0.4, -0.2) is 31.1 Å². The molecule has 0 aromatic heterocycles. The van der Waals surface area contributed by atoms with Crippen LogP contribution in [0.5, 0.6) is 0 Å². The summed E-state index contributed by atoms with van der Waals surface area (Å²) in [5.41, 5.74) is 1.78. The summed E-state index contributed by atoms with van der Waals surface area (Å²) in [4.78, 5) is 21.9. The molecule has 6 heteroatoms. The Morgan fingerprint density at radius 1 is 1.36 bits per heavy atom. The average molecular weight is 201 g/mol. The van der Waals surface area contributed by atoms with Gasteiger partial charge in [-0.1, -0.05) is 0 Å². The standard InChI is InChI=1S/C8H15N3O3/c1-14-6-3-2-5(4-6)10-7(12)8(13)11-9/h5-6H,2-4,9H2,1H3,(H,10,12)(H,11,13). The second kappa shape index (κ2) is 4.92. The molecule has 0 saturated heterocycles. The van der Waals surface area contributed by atoms with Gasteiger partial charge in [0.05, 0.1) is 6.10 Å². The van der Waals surface area contributed by atoms with Crippen molar-refractivity contribution in [3.8, 4) is 0 Å². The number of hydrogen-bond acceptors (Lipinski definition) is 4. The largest absolute Gasteiger partial charge is 0.381 e. The molecule has 0 bridgehead atoms. The Bertz CT molecular complexity index is 232. The van der Waals surface area contributed by atoms with E-state index in [4.69, 9.17) is 10.6 Å². The summed E-state index contributed by atoms with van der Waals surface area (Å²) in [7, 11) is 1.64. The van der Waals surface area contributed by atoms with Gasteiger partial charge in [-0.2, -0.15) is 0 Å². The van der Waals surface area contributed by atoms with E-state index in [0.29, 0.717) is 0 Å². The molecule has 14 heavy (non-hydrogen) atoms. The molecular weight excluding hydrogens is 186 g/mol. The topological polar surface area (TPSA) is 93.4 Å². The van der Waals surface area contributed by atoms with E-state index in [0.717, 1.165) is 19.3 Å². The lowest BCUT2D eigenvalue weighted by Gasteiger charge is -2.11. The van der Waals surface area contributed by atoms with Crippen molar-refractivity contribution in [1.29, 1.82) is 0 Å². The number of nitrogens with one attached hydrogen (secondary N) is 2. The molecule has 1 aliphatic rings. The molecule has 1 fully saturated rings. The molecule has 0 aliphatic heterocycles. The lowest BCUT2D eigenvalue weighted by Crippen LogP contribution is -2.46. The predicted molar refractivity (Wildman–Crippen MR) is 48.9 cm³/mol. The number of nitrogens with two attached hydrogens (primary N) is 1. The molecule has 1 rings (SSSR count). The summed E-state index contributed by atoms with van der Waals surface area (Å²) in [6, 6.07) is 0.0183. The van der Waals surface area contributed by atoms with Crippen LogP contribution in [-0.2, 0) is 14.3 Å². The number of carbonyl (C=O) groups is 2. The predicted octanol–water partition coefficient (Wildman–Crippen LogP) is -1.34. The molecule has 1 saturated carbocycles. The summed E-state index contributed by atoms with van der Waals surface area (Å²) in [5, 5.41) is 2.58. The Balaban J connectivity index is 2.32. The van der Waals surface area contributed by atoms with Crippen LogP contribution in [0.4, 0.5) is 0 Å². The fourth-order valence-electron chi connectivity index (χ4n) is 1.60. The highest BCUT2D eigenvalue weighted by atomic mass is 16.5. The van der Waals surface area contributed by atoms with Crippen molar-refractivity contribution in [1.82, 2.24) is 10.7 Å². The van der Waals surface area contributed by atoms with E-state index in [9.17, 15) is 9.59 Å². The maximum atomic E-state index is 11.1. The Hall–Kier alpha value is -1.14. The highest BCUT2D eigenvalue weighted by Crippen LogP contribution is 2.21. The highest BCUT2D eigenvalue weighted by molar-refractivity contribution is 6.34. The maximum Gasteiger partial charge on any atom is 0.323 e. The number of ether oxygens (including phenoxy) is 1. The normalized spacial score (nSPS) is 25.9. The first-order valence-corrected chi connectivity index (χ1v) is 4.51. The molecule has 0 radical (unpaired) electrons. The van der Waals surface area contributed by atoms with Gasteiger partial charge in [-0.05, 0) is 19.3 Å². The molecule has 1 aliphatic carbocycles. The van der Waals surface area contributed by atoms with E-state index in [2.05, 4.69) is 5.32 Å². The molecule has 0 spiro atoms. The third-order valence-electron chi connectivity index (χ3n) is 2.39. The van der Waals surface area contributed by atoms with Gasteiger partial charge in [0.2, 0.25) is 0 Å². The minimum Gasteiger partial charge on any atom is -0.381 e. The minimum absolute atomic E-state index is 0.0183. The number of carbonyl (C=O) groups excluding carboxylic acids is 2. The maximum absolute atomic E-state index is 11.1. The van der Waals surface area contributed by atoms with Gasteiger partial charge in [-0.25, -0.2) is 5.84 Å². The smallest absolute Gasteiger partial charge is 0.323 e. The number of methoxy groups -OCH3 is 1. The SMILES string of the molecule is COC1CCC(NC(=O)C(=O)NN)C1. The zero-order valence-corrected chi connectivity index (χ0v) is 8.08. The second-order valence-corrected chi connectivity index (χ2v) is 3.31. The highest BCUT2D eigenvalue weighted by Gasteiger charge is 2.27. The summed E-state index contributed by atoms with van der Waals surface area (Å²) < 4.78 is 5.13. The molecular formula is C8H15N3O3. The zero-order valence-electron chi connectivity index (χ0n) is 8.08. The van der Waals surface area contributed by atoms with E-state index in [1.54, 1.807) is 12.5 Å². The third kappa shape index (κ3) is 2.68. The molecule has 0 aromatic carbocycles. The number of rotatable bonds is 2. The molecule has 0 aromatic rings. The lowest BCUT2D eigenvalue weighted by atomic mass is 10.2. The van der Waals surface area contributed by atoms with Crippen LogP contribution in [0.15, 0.2) is 0 Å². The van der Waals surface area contributed by atoms with E-state index in [1.807, 2.05) is 0 Å². The molecule has 2 unspecified atom stereocenters. The lowest BCUT2D eigenvalue weighted by molar-refractivity contribution is -0.139. The van der Waals surface area contributed by atoms with Crippen molar-refractivity contribution in [3.05, 3.63) is 0 Å². The average Bonchev–Trinajstić information content (AvgIpc) is 2.64. The molecule has 2 amide bonds. The monoisotopic (exact) mass is 201 g/mol. The number of amides is 2. The van der Waals surface area contributed by atoms with E-state index in [-0.39, 0.29) is 12.1 Å². The van der Waals surface area contributed by atoms with Crippen LogP contribution in [0, 0.1) is 0 Å². The van der Waals surface area contributed by atoms with Gasteiger partial charge < -0.3 is 10.1 Å². The number of hydrogen-bond donors (Lipinski definition) is 3. The van der Waals surface area contributed by atoms with Crippen LogP contribution in [0.25, 0.3) is 0 Å². The van der Waals surface area contributed by atoms with Crippen LogP contribution in [0.3, 0.4) is 0 Å². The van der Waals surface area contributed by atoms with Crippen molar-refractivity contribution in [3.63, 3.8) is 0 Å². The van der Waals surface area contributed by atoms with E-state index in [1.165, 1.54) is 0 Å². The van der Waals surface area contributed by atoms with Gasteiger partial charge in [0.25, 0.3) is 0 Å². The summed E-state index contributed by atoms with van der Waals surface area (Å²) in [5.74, 6) is 3.32. The van der Waals surface area contributed by atoms with Gasteiger partial charge in [0.1, 0.15) is 0 Å². The Labute approximate surface area is 82.1 Å². The first kappa shape index (κ1) is 10.9. The zero-order chi connectivity index (χ0) is 10.6. The van der Waals surface area contributed by atoms with Gasteiger partial charge in [-0.15, -0.1) is 0 Å². The van der Waals surface area contributed by atoms with Crippen molar-refractivity contribution >= 4 is 11.8 Å². The van der Waals surface area contributed by atoms with Crippen LogP contribution >= 0.6 is 0 Å². The molecule has 2 atom stereocenters. The molecule has 80 valence electrons. The van der Waals surface area contributed by atoms with E-state index >= 15 is 0 Å². The van der Waals surface area contributed by atoms with Crippen molar-refractivity contribution < 1.29 is 14.3 Å². The second-order valence-electron chi connectivity index (χ2n) is 3.31. The Kier molecular flexibility index (Phi) is 3.84. The van der Waals surface area contributed by atoms with Gasteiger partial charge in [0.15, 0.2) is 0 Å². The fraction of sp³-hybridized carbons (Fsp3) is 0.750. The Morgan fingerprint density at radius 3 is 2.57 bits per heavy atom. The Morgan fingerprint density at radius 2 is 2.07 bits per heavy atom. The van der Waals surface area contributed by atoms with Crippen LogP contribution < -0.4 is 16.6 Å². The quantitative estimate of drug-likeness (QED) is 0.223. The van der Waals surface area contributed by atoms with Gasteiger partial charge >= 0.3 is 11.8 Å². The minimum atomic E-state index is -0.814. The van der Waals surface area contributed by atoms with Crippen molar-refractivity contribution in [2.75, 3.05) is 7.11 Å².